The van der Waals surface area contributed by atoms with Gasteiger partial charge in [0, 0.05) is 44.3 Å². The molecule has 4 rings (SSSR count). The van der Waals surface area contributed by atoms with Gasteiger partial charge in [0.15, 0.2) is 0 Å². The molecule has 1 saturated heterocycles. The zero-order chi connectivity index (χ0) is 24.6. The summed E-state index contributed by atoms with van der Waals surface area (Å²) in [6.45, 7) is 9.31. The van der Waals surface area contributed by atoms with Crippen LogP contribution in [0.2, 0.25) is 0 Å². The van der Waals surface area contributed by atoms with E-state index in [4.69, 9.17) is 4.42 Å². The highest BCUT2D eigenvalue weighted by atomic mass is 32.2. The number of rotatable bonds is 7. The quantitative estimate of drug-likeness (QED) is 0.497. The summed E-state index contributed by atoms with van der Waals surface area (Å²) in [6, 6.07) is 2.96. The minimum atomic E-state index is -3.76. The van der Waals surface area contributed by atoms with E-state index in [9.17, 15) is 13.2 Å². The first-order chi connectivity index (χ1) is 16.1. The molecule has 0 N–H and O–H groups in total. The van der Waals surface area contributed by atoms with Gasteiger partial charge < -0.3 is 18.8 Å². The monoisotopic (exact) mass is 491 g/mol. The summed E-state index contributed by atoms with van der Waals surface area (Å²) in [6.07, 6.45) is 2.02. The number of likely N-dealkylation sites (N-methyl/N-ethyl adjacent to an activating group) is 1. The van der Waals surface area contributed by atoms with E-state index in [0.717, 1.165) is 13.1 Å². The molecule has 0 amide bonds. The van der Waals surface area contributed by atoms with Crippen molar-refractivity contribution >= 4 is 26.4 Å². The molecule has 11 heteroatoms. The fourth-order valence-corrected chi connectivity index (χ4v) is 5.35. The topological polar surface area (TPSA) is 102 Å². The third kappa shape index (κ3) is 4.72. The van der Waals surface area contributed by atoms with E-state index in [2.05, 4.69) is 15.1 Å². The maximum absolute atomic E-state index is 15.1. The molecule has 0 aliphatic carbocycles. The largest absolute Gasteiger partial charge is 0.408 e. The van der Waals surface area contributed by atoms with E-state index in [1.165, 1.54) is 6.07 Å². The Morgan fingerprint density at radius 3 is 2.50 bits per heavy atom. The van der Waals surface area contributed by atoms with Crippen molar-refractivity contribution in [2.24, 2.45) is 5.92 Å². The van der Waals surface area contributed by atoms with Gasteiger partial charge in [-0.1, -0.05) is 18.9 Å². The number of aryl methyl sites for hydroxylation is 1. The highest BCUT2D eigenvalue weighted by Crippen LogP contribution is 2.28. The Morgan fingerprint density at radius 2 is 1.85 bits per heavy atom. The highest BCUT2D eigenvalue weighted by molar-refractivity contribution is 7.91. The predicted octanol–water partition coefficient (Wildman–Crippen LogP) is 2.78. The lowest BCUT2D eigenvalue weighted by atomic mass is 10.1. The standard InChI is InChI=1S/C23H30FN5O4S/c1-5-28-14-17(22-25-26-23(33-22)34(31,32)11-6-15(2)3)21(30)16-12-18(24)20(13-19(16)28)29-9-7-27(4)8-10-29/h12-15H,5-11H2,1-4H3. The lowest BCUT2D eigenvalue weighted by Gasteiger charge is -2.34. The van der Waals surface area contributed by atoms with Crippen LogP contribution in [0.5, 0.6) is 0 Å². The Labute approximate surface area is 198 Å². The number of piperazine rings is 1. The minimum absolute atomic E-state index is 0.0407. The summed E-state index contributed by atoms with van der Waals surface area (Å²) >= 11 is 0. The van der Waals surface area contributed by atoms with Crippen molar-refractivity contribution < 1.29 is 17.2 Å². The number of pyridine rings is 1. The average Bonchev–Trinajstić information content (AvgIpc) is 3.30. The first kappa shape index (κ1) is 24.3. The lowest BCUT2D eigenvalue weighted by Crippen LogP contribution is -2.44. The Morgan fingerprint density at radius 1 is 1.15 bits per heavy atom. The number of nitrogens with zero attached hydrogens (tertiary/aromatic N) is 5. The lowest BCUT2D eigenvalue weighted by molar-refractivity contribution is 0.312. The maximum atomic E-state index is 15.1. The second kappa shape index (κ2) is 9.46. The van der Waals surface area contributed by atoms with Crippen molar-refractivity contribution in [2.75, 3.05) is 43.9 Å². The van der Waals surface area contributed by atoms with E-state index in [0.29, 0.717) is 37.3 Å². The van der Waals surface area contributed by atoms with Crippen LogP contribution in [-0.2, 0) is 16.4 Å². The minimum Gasteiger partial charge on any atom is -0.408 e. The van der Waals surface area contributed by atoms with Crippen LogP contribution >= 0.6 is 0 Å². The van der Waals surface area contributed by atoms with Gasteiger partial charge in [-0.05, 0) is 38.4 Å². The van der Waals surface area contributed by atoms with Gasteiger partial charge in [-0.15, -0.1) is 5.10 Å². The summed E-state index contributed by atoms with van der Waals surface area (Å²) in [7, 11) is -1.73. The summed E-state index contributed by atoms with van der Waals surface area (Å²) < 4.78 is 47.4. The molecule has 2 aromatic heterocycles. The van der Waals surface area contributed by atoms with E-state index in [1.54, 1.807) is 12.3 Å². The zero-order valence-electron chi connectivity index (χ0n) is 19.9. The van der Waals surface area contributed by atoms with E-state index < -0.39 is 26.3 Å². The summed E-state index contributed by atoms with van der Waals surface area (Å²) in [5.74, 6) is -0.596. The van der Waals surface area contributed by atoms with Crippen molar-refractivity contribution in [3.05, 3.63) is 34.4 Å². The van der Waals surface area contributed by atoms with Crippen LogP contribution < -0.4 is 10.3 Å². The van der Waals surface area contributed by atoms with Gasteiger partial charge in [0.05, 0.1) is 17.0 Å². The van der Waals surface area contributed by atoms with Crippen molar-refractivity contribution in [3.8, 4) is 11.5 Å². The first-order valence-electron chi connectivity index (χ1n) is 11.5. The number of fused-ring (bicyclic) bond motifs is 1. The van der Waals surface area contributed by atoms with Gasteiger partial charge in [-0.2, -0.15) is 0 Å². The number of hydrogen-bond acceptors (Lipinski definition) is 8. The summed E-state index contributed by atoms with van der Waals surface area (Å²) in [5, 5.41) is 7.17. The van der Waals surface area contributed by atoms with Gasteiger partial charge in [0.1, 0.15) is 11.4 Å². The van der Waals surface area contributed by atoms with Crippen LogP contribution in [0.25, 0.3) is 22.4 Å². The van der Waals surface area contributed by atoms with Crippen LogP contribution in [0, 0.1) is 11.7 Å². The molecule has 1 aliphatic heterocycles. The van der Waals surface area contributed by atoms with Gasteiger partial charge in [0.2, 0.25) is 15.3 Å². The molecule has 1 aliphatic rings. The van der Waals surface area contributed by atoms with Crippen molar-refractivity contribution in [2.45, 2.75) is 39.0 Å². The van der Waals surface area contributed by atoms with Gasteiger partial charge in [-0.25, -0.2) is 12.8 Å². The molecule has 0 spiro atoms. The smallest absolute Gasteiger partial charge is 0.335 e. The molecule has 1 fully saturated rings. The third-order valence-electron chi connectivity index (χ3n) is 6.20. The third-order valence-corrected chi connectivity index (χ3v) is 7.67. The fraction of sp³-hybridized carbons (Fsp3) is 0.522. The zero-order valence-corrected chi connectivity index (χ0v) is 20.7. The molecule has 3 aromatic rings. The van der Waals surface area contributed by atoms with Crippen LogP contribution in [-0.4, -0.2) is 67.1 Å². The number of hydrogen-bond donors (Lipinski definition) is 0. The molecule has 0 saturated carbocycles. The normalized spacial score (nSPS) is 15.5. The first-order valence-corrected chi connectivity index (χ1v) is 13.1. The summed E-state index contributed by atoms with van der Waals surface area (Å²) in [5.41, 5.74) is 0.611. The second-order valence-corrected chi connectivity index (χ2v) is 11.1. The maximum Gasteiger partial charge on any atom is 0.335 e. The molecule has 0 radical (unpaired) electrons. The van der Waals surface area contributed by atoms with E-state index >= 15 is 4.39 Å². The Balaban J connectivity index is 1.76. The van der Waals surface area contributed by atoms with Crippen molar-refractivity contribution in [1.29, 1.82) is 0 Å². The summed E-state index contributed by atoms with van der Waals surface area (Å²) in [4.78, 5) is 17.4. The molecule has 0 bridgehead atoms. The molecule has 0 unspecified atom stereocenters. The molecular formula is C23H30FN5O4S. The number of halogens is 1. The van der Waals surface area contributed by atoms with Gasteiger partial charge >= 0.3 is 5.22 Å². The SMILES string of the molecule is CCn1cc(-c2nnc(S(=O)(=O)CCC(C)C)o2)c(=O)c2cc(F)c(N3CCN(C)CC3)cc21. The number of aromatic nitrogens is 3. The van der Waals surface area contributed by atoms with Crippen LogP contribution in [0.4, 0.5) is 10.1 Å². The fourth-order valence-electron chi connectivity index (χ4n) is 4.03. The number of benzene rings is 1. The molecule has 184 valence electrons. The highest BCUT2D eigenvalue weighted by Gasteiger charge is 2.26. The molecule has 9 nitrogen and oxygen atoms in total. The number of anilines is 1. The molecular weight excluding hydrogens is 461 g/mol. The Kier molecular flexibility index (Phi) is 6.77. The van der Waals surface area contributed by atoms with Crippen molar-refractivity contribution in [1.82, 2.24) is 19.7 Å². The molecule has 0 atom stereocenters. The van der Waals surface area contributed by atoms with Crippen LogP contribution in [0.3, 0.4) is 0 Å². The van der Waals surface area contributed by atoms with Gasteiger partial charge in [-0.3, -0.25) is 4.79 Å². The molecule has 1 aromatic carbocycles. The van der Waals surface area contributed by atoms with Crippen LogP contribution in [0.15, 0.2) is 32.8 Å². The van der Waals surface area contributed by atoms with Crippen molar-refractivity contribution in [3.63, 3.8) is 0 Å². The van der Waals surface area contributed by atoms with E-state index in [1.807, 2.05) is 37.3 Å². The van der Waals surface area contributed by atoms with Gasteiger partial charge in [0.25, 0.3) is 5.89 Å². The average molecular weight is 492 g/mol. The molecule has 3 heterocycles. The van der Waals surface area contributed by atoms with Crippen LogP contribution in [0.1, 0.15) is 27.2 Å². The predicted molar refractivity (Wildman–Crippen MR) is 128 cm³/mol. The Bertz CT molecular complexity index is 1360. The van der Waals surface area contributed by atoms with E-state index in [-0.39, 0.29) is 28.5 Å². The number of sulfone groups is 1. The Hall–Kier alpha value is -2.79. The molecule has 34 heavy (non-hydrogen) atoms. The second-order valence-electron chi connectivity index (χ2n) is 9.14.